The van der Waals surface area contributed by atoms with Crippen LogP contribution in [0.4, 0.5) is 0 Å². The minimum absolute atomic E-state index is 0.0614. The van der Waals surface area contributed by atoms with Crippen molar-refractivity contribution < 1.29 is 8.42 Å². The van der Waals surface area contributed by atoms with E-state index < -0.39 is 9.84 Å². The molecule has 0 unspecified atom stereocenters. The number of halogens is 1. The van der Waals surface area contributed by atoms with Crippen molar-refractivity contribution in [1.82, 2.24) is 4.98 Å². The normalized spacial score (nSPS) is 11.4. The highest BCUT2D eigenvalue weighted by molar-refractivity contribution is 9.10. The molecule has 1 aromatic carbocycles. The molecular weight excluding hydrogens is 302 g/mol. The lowest BCUT2D eigenvalue weighted by Gasteiger charge is -2.04. The van der Waals surface area contributed by atoms with E-state index in [2.05, 4.69) is 20.9 Å². The predicted molar refractivity (Wildman–Crippen MR) is 68.6 cm³/mol. The minimum Gasteiger partial charge on any atom is -0.243 e. The van der Waals surface area contributed by atoms with Gasteiger partial charge in [0, 0.05) is 10.7 Å². The molecule has 1 heterocycles. The van der Waals surface area contributed by atoms with Crippen LogP contribution < -0.4 is 0 Å². The Morgan fingerprint density at radius 3 is 2.53 bits per heavy atom. The molecule has 1 aromatic heterocycles. The Bertz CT molecular complexity index is 636. The van der Waals surface area contributed by atoms with Gasteiger partial charge in [0.2, 0.25) is 9.84 Å². The topological polar surface area (TPSA) is 47.0 Å². The van der Waals surface area contributed by atoms with Gasteiger partial charge in [0.25, 0.3) is 0 Å². The van der Waals surface area contributed by atoms with Gasteiger partial charge in [-0.2, -0.15) is 0 Å². The zero-order chi connectivity index (χ0) is 12.5. The van der Waals surface area contributed by atoms with E-state index in [1.54, 1.807) is 24.3 Å². The zero-order valence-corrected chi connectivity index (χ0v) is 11.5. The van der Waals surface area contributed by atoms with Crippen molar-refractivity contribution in [2.24, 2.45) is 0 Å². The zero-order valence-electron chi connectivity index (χ0n) is 9.09. The summed E-state index contributed by atoms with van der Waals surface area (Å²) in [4.78, 5) is 4.19. The first-order chi connectivity index (χ1) is 8.00. The molecule has 0 saturated heterocycles. The van der Waals surface area contributed by atoms with Crippen LogP contribution in [0, 0.1) is 6.92 Å². The fourth-order valence-electron chi connectivity index (χ4n) is 1.42. The molecule has 0 bridgehead atoms. The molecule has 0 atom stereocenters. The van der Waals surface area contributed by atoms with E-state index in [1.807, 2.05) is 13.0 Å². The Kier molecular flexibility index (Phi) is 3.31. The number of rotatable bonds is 2. The smallest absolute Gasteiger partial charge is 0.223 e. The highest BCUT2D eigenvalue weighted by atomic mass is 79.9. The molecule has 0 aliphatic rings. The van der Waals surface area contributed by atoms with Crippen LogP contribution in [0.3, 0.4) is 0 Å². The Morgan fingerprint density at radius 2 is 1.94 bits per heavy atom. The summed E-state index contributed by atoms with van der Waals surface area (Å²) in [5.41, 5.74) is 0.906. The lowest BCUT2D eigenvalue weighted by Crippen LogP contribution is -2.04. The Hall–Kier alpha value is -1.20. The number of benzene rings is 1. The van der Waals surface area contributed by atoms with Crippen LogP contribution >= 0.6 is 15.9 Å². The largest absolute Gasteiger partial charge is 0.243 e. The molecule has 3 nitrogen and oxygen atoms in total. The molecule has 0 aliphatic heterocycles. The van der Waals surface area contributed by atoms with Crippen molar-refractivity contribution in [2.75, 3.05) is 0 Å². The van der Waals surface area contributed by atoms with E-state index in [9.17, 15) is 8.42 Å². The lowest BCUT2D eigenvalue weighted by atomic mass is 10.2. The third-order valence-corrected chi connectivity index (χ3v) is 4.41. The minimum atomic E-state index is -3.51. The molecule has 2 aromatic rings. The standard InChI is InChI=1S/C12H10BrNO2S/c1-9-3-2-4-11(7-9)17(15,16)12-6-5-10(13)8-14-12/h2-8H,1H3. The molecule has 0 saturated carbocycles. The highest BCUT2D eigenvalue weighted by Crippen LogP contribution is 2.20. The molecule has 0 fully saturated rings. The van der Waals surface area contributed by atoms with Gasteiger partial charge in [-0.3, -0.25) is 0 Å². The van der Waals surface area contributed by atoms with E-state index >= 15 is 0 Å². The van der Waals surface area contributed by atoms with Crippen LogP contribution in [0.15, 0.2) is 57.0 Å². The maximum absolute atomic E-state index is 12.2. The summed E-state index contributed by atoms with van der Waals surface area (Å²) in [7, 11) is -3.51. The van der Waals surface area contributed by atoms with Crippen LogP contribution in [0.1, 0.15) is 5.56 Å². The van der Waals surface area contributed by atoms with Crippen LogP contribution in [0.25, 0.3) is 0 Å². The Labute approximate surface area is 109 Å². The Balaban J connectivity index is 2.54. The molecule has 0 N–H and O–H groups in total. The third kappa shape index (κ3) is 2.56. The van der Waals surface area contributed by atoms with Crippen LogP contribution in [-0.2, 0) is 9.84 Å². The predicted octanol–water partition coefficient (Wildman–Crippen LogP) is 2.99. The number of hydrogen-bond donors (Lipinski definition) is 0. The second-order valence-electron chi connectivity index (χ2n) is 3.63. The number of nitrogens with zero attached hydrogens (tertiary/aromatic N) is 1. The maximum atomic E-state index is 12.2. The van der Waals surface area contributed by atoms with Crippen molar-refractivity contribution in [3.63, 3.8) is 0 Å². The van der Waals surface area contributed by atoms with Gasteiger partial charge in [-0.15, -0.1) is 0 Å². The number of pyridine rings is 1. The molecule has 88 valence electrons. The first-order valence-electron chi connectivity index (χ1n) is 4.93. The van der Waals surface area contributed by atoms with Crippen LogP contribution in [0.2, 0.25) is 0 Å². The van der Waals surface area contributed by atoms with Crippen LogP contribution in [-0.4, -0.2) is 13.4 Å². The molecule has 0 radical (unpaired) electrons. The maximum Gasteiger partial charge on any atom is 0.223 e. The lowest BCUT2D eigenvalue weighted by molar-refractivity contribution is 0.592. The second-order valence-corrected chi connectivity index (χ2v) is 6.45. The first-order valence-corrected chi connectivity index (χ1v) is 7.21. The van der Waals surface area contributed by atoms with Gasteiger partial charge in [0.05, 0.1) is 4.90 Å². The van der Waals surface area contributed by atoms with E-state index in [0.29, 0.717) is 0 Å². The summed E-state index contributed by atoms with van der Waals surface area (Å²) in [6, 6.07) is 9.94. The summed E-state index contributed by atoms with van der Waals surface area (Å²) in [6.07, 6.45) is 1.47. The molecule has 0 amide bonds. The van der Waals surface area contributed by atoms with Gasteiger partial charge in [-0.1, -0.05) is 12.1 Å². The van der Waals surface area contributed by atoms with E-state index in [-0.39, 0.29) is 9.92 Å². The van der Waals surface area contributed by atoms with Gasteiger partial charge < -0.3 is 0 Å². The molecule has 17 heavy (non-hydrogen) atoms. The van der Waals surface area contributed by atoms with Crippen molar-refractivity contribution in [2.45, 2.75) is 16.8 Å². The molecule has 0 spiro atoms. The van der Waals surface area contributed by atoms with Crippen molar-refractivity contribution in [3.05, 3.63) is 52.6 Å². The van der Waals surface area contributed by atoms with Gasteiger partial charge in [0.1, 0.15) is 0 Å². The summed E-state index contributed by atoms with van der Waals surface area (Å²) in [6.45, 7) is 1.86. The number of hydrogen-bond acceptors (Lipinski definition) is 3. The first kappa shape index (κ1) is 12.3. The monoisotopic (exact) mass is 311 g/mol. The fraction of sp³-hybridized carbons (Fsp3) is 0.0833. The molecule has 5 heteroatoms. The Morgan fingerprint density at radius 1 is 1.18 bits per heavy atom. The van der Waals surface area contributed by atoms with Crippen molar-refractivity contribution in [3.8, 4) is 0 Å². The fourth-order valence-corrected chi connectivity index (χ4v) is 2.94. The molecule has 0 aliphatic carbocycles. The SMILES string of the molecule is Cc1cccc(S(=O)(=O)c2ccc(Br)cn2)c1. The number of aryl methyl sites for hydroxylation is 1. The highest BCUT2D eigenvalue weighted by Gasteiger charge is 2.18. The van der Waals surface area contributed by atoms with E-state index in [4.69, 9.17) is 0 Å². The van der Waals surface area contributed by atoms with Crippen molar-refractivity contribution >= 4 is 25.8 Å². The van der Waals surface area contributed by atoms with Gasteiger partial charge in [-0.05, 0) is 52.7 Å². The second kappa shape index (κ2) is 4.58. The average molecular weight is 312 g/mol. The summed E-state index contributed by atoms with van der Waals surface area (Å²) >= 11 is 3.22. The number of sulfone groups is 1. The molecular formula is C12H10BrNO2S. The summed E-state index contributed by atoms with van der Waals surface area (Å²) in [5.74, 6) is 0. The number of aromatic nitrogens is 1. The summed E-state index contributed by atoms with van der Waals surface area (Å²) < 4.78 is 25.2. The van der Waals surface area contributed by atoms with Gasteiger partial charge >= 0.3 is 0 Å². The summed E-state index contributed by atoms with van der Waals surface area (Å²) in [5, 5.41) is 0.0614. The van der Waals surface area contributed by atoms with Gasteiger partial charge in [0.15, 0.2) is 5.03 Å². The molecule has 2 rings (SSSR count). The van der Waals surface area contributed by atoms with Gasteiger partial charge in [-0.25, -0.2) is 13.4 Å². The van der Waals surface area contributed by atoms with E-state index in [1.165, 1.54) is 12.3 Å². The van der Waals surface area contributed by atoms with Crippen molar-refractivity contribution in [1.29, 1.82) is 0 Å². The average Bonchev–Trinajstić information content (AvgIpc) is 2.29. The quantitative estimate of drug-likeness (QED) is 0.856. The third-order valence-electron chi connectivity index (χ3n) is 2.28. The van der Waals surface area contributed by atoms with Crippen LogP contribution in [0.5, 0.6) is 0 Å². The van der Waals surface area contributed by atoms with E-state index in [0.717, 1.165) is 10.0 Å².